The number of carbonyl (C=O) groups is 1. The molecule has 1 aromatic carbocycles. The van der Waals surface area contributed by atoms with Crippen LogP contribution in [0.2, 0.25) is 0 Å². The number of anilines is 1. The molecule has 2 aromatic rings. The second-order valence-electron chi connectivity index (χ2n) is 5.20. The number of para-hydroxylation sites is 2. The van der Waals surface area contributed by atoms with Gasteiger partial charge in [0.15, 0.2) is 0 Å². The van der Waals surface area contributed by atoms with E-state index in [1.807, 2.05) is 18.2 Å². The number of hydrogen-bond donors (Lipinski definition) is 2. The van der Waals surface area contributed by atoms with Crippen LogP contribution >= 0.6 is 0 Å². The van der Waals surface area contributed by atoms with Crippen molar-refractivity contribution in [2.45, 2.75) is 13.0 Å². The summed E-state index contributed by atoms with van der Waals surface area (Å²) < 4.78 is 7.05. The van der Waals surface area contributed by atoms with Gasteiger partial charge in [0.05, 0.1) is 17.9 Å². The lowest BCUT2D eigenvalue weighted by molar-refractivity contribution is 0.0961. The van der Waals surface area contributed by atoms with Gasteiger partial charge in [0.2, 0.25) is 0 Å². The first-order valence-electron chi connectivity index (χ1n) is 7.86. The quantitative estimate of drug-likeness (QED) is 0.419. The van der Waals surface area contributed by atoms with Gasteiger partial charge in [-0.25, -0.2) is 0 Å². The maximum absolute atomic E-state index is 12.3. The first-order valence-corrected chi connectivity index (χ1v) is 7.86. The number of ether oxygens (including phenoxy) is 1. The van der Waals surface area contributed by atoms with E-state index in [1.54, 1.807) is 18.2 Å². The Labute approximate surface area is 146 Å². The van der Waals surface area contributed by atoms with Crippen LogP contribution in [0.3, 0.4) is 0 Å². The molecule has 6 nitrogen and oxygen atoms in total. The molecule has 0 atom stereocenters. The van der Waals surface area contributed by atoms with Crippen LogP contribution in [0.15, 0.2) is 72.7 Å². The van der Waals surface area contributed by atoms with Crippen molar-refractivity contribution in [3.63, 3.8) is 0 Å². The highest BCUT2D eigenvalue weighted by Crippen LogP contribution is 2.23. The van der Waals surface area contributed by atoms with E-state index in [0.29, 0.717) is 30.2 Å². The van der Waals surface area contributed by atoms with Gasteiger partial charge in [-0.15, -0.1) is 13.2 Å². The molecule has 1 aromatic heterocycles. The summed E-state index contributed by atoms with van der Waals surface area (Å²) in [7, 11) is 0. The van der Waals surface area contributed by atoms with E-state index in [2.05, 4.69) is 24.0 Å². The van der Waals surface area contributed by atoms with E-state index in [-0.39, 0.29) is 11.5 Å². The van der Waals surface area contributed by atoms with Gasteiger partial charge in [-0.2, -0.15) is 0 Å². The van der Waals surface area contributed by atoms with Crippen molar-refractivity contribution in [1.29, 1.82) is 0 Å². The van der Waals surface area contributed by atoms with Crippen LogP contribution < -0.4 is 21.1 Å². The molecule has 0 unspecified atom stereocenters. The van der Waals surface area contributed by atoms with E-state index in [9.17, 15) is 9.59 Å². The molecule has 25 heavy (non-hydrogen) atoms. The molecule has 2 N–H and O–H groups in total. The summed E-state index contributed by atoms with van der Waals surface area (Å²) in [5.74, 6) is 0.264. The lowest BCUT2D eigenvalue weighted by Crippen LogP contribution is -2.31. The summed E-state index contributed by atoms with van der Waals surface area (Å²) in [6, 6.07) is 10.1. The number of amides is 1. The first kappa shape index (κ1) is 18.1. The molecule has 130 valence electrons. The van der Waals surface area contributed by atoms with Crippen molar-refractivity contribution in [1.82, 2.24) is 9.99 Å². The van der Waals surface area contributed by atoms with Crippen LogP contribution in [0, 0.1) is 0 Å². The highest BCUT2D eigenvalue weighted by atomic mass is 16.5. The second kappa shape index (κ2) is 9.12. The zero-order valence-corrected chi connectivity index (χ0v) is 13.9. The van der Waals surface area contributed by atoms with Crippen molar-refractivity contribution in [3.05, 3.63) is 83.8 Å². The molecule has 6 heteroatoms. The summed E-state index contributed by atoms with van der Waals surface area (Å²) in [4.78, 5) is 24.0. The number of aromatic nitrogens is 1. The molecular formula is C19H21N3O3. The van der Waals surface area contributed by atoms with Gasteiger partial charge in [-0.3, -0.25) is 20.4 Å². The fourth-order valence-corrected chi connectivity index (χ4v) is 2.09. The molecule has 1 amide bonds. The molecule has 0 bridgehead atoms. The molecule has 0 radical (unpaired) electrons. The molecular weight excluding hydrogens is 318 g/mol. The standard InChI is InChI=1S/C19H21N3O3/c1-3-5-13-25-17-9-7-6-8-16(17)20-21-19(24)15-10-11-18(23)22(14-15)12-4-2/h3-4,6-11,14,20H,1-2,5,12-13H2,(H,21,24). The minimum absolute atomic E-state index is 0.189. The molecule has 2 rings (SSSR count). The van der Waals surface area contributed by atoms with Crippen LogP contribution in [-0.4, -0.2) is 17.1 Å². The Hall–Kier alpha value is -3.28. The third-order valence-corrected chi connectivity index (χ3v) is 3.35. The van der Waals surface area contributed by atoms with Crippen molar-refractivity contribution >= 4 is 11.6 Å². The molecule has 0 fully saturated rings. The molecule has 0 aliphatic carbocycles. The largest absolute Gasteiger partial charge is 0.491 e. The van der Waals surface area contributed by atoms with Gasteiger partial charge in [-0.1, -0.05) is 24.3 Å². The maximum atomic E-state index is 12.3. The Morgan fingerprint density at radius 3 is 2.72 bits per heavy atom. The number of hydrazine groups is 1. The summed E-state index contributed by atoms with van der Waals surface area (Å²) >= 11 is 0. The lowest BCUT2D eigenvalue weighted by Gasteiger charge is -2.14. The van der Waals surface area contributed by atoms with Gasteiger partial charge in [0.25, 0.3) is 11.5 Å². The van der Waals surface area contributed by atoms with Crippen LogP contribution in [0.25, 0.3) is 0 Å². The Kier molecular flexibility index (Phi) is 6.59. The number of carbonyl (C=O) groups excluding carboxylic acids is 1. The average molecular weight is 339 g/mol. The number of nitrogens with one attached hydrogen (secondary N) is 2. The van der Waals surface area contributed by atoms with Gasteiger partial charge in [0, 0.05) is 18.8 Å². The third-order valence-electron chi connectivity index (χ3n) is 3.35. The fraction of sp³-hybridized carbons (Fsp3) is 0.158. The van der Waals surface area contributed by atoms with Crippen LogP contribution in [0.1, 0.15) is 16.8 Å². The van der Waals surface area contributed by atoms with E-state index in [4.69, 9.17) is 4.74 Å². The molecule has 0 saturated heterocycles. The minimum Gasteiger partial charge on any atom is -0.491 e. The van der Waals surface area contributed by atoms with Crippen molar-refractivity contribution in [2.75, 3.05) is 12.0 Å². The summed E-state index contributed by atoms with van der Waals surface area (Å²) in [5, 5.41) is 0. The number of benzene rings is 1. The molecule has 0 aliphatic heterocycles. The number of nitrogens with zero attached hydrogens (tertiary/aromatic N) is 1. The average Bonchev–Trinajstić information content (AvgIpc) is 2.63. The molecule has 1 heterocycles. The highest BCUT2D eigenvalue weighted by Gasteiger charge is 2.08. The predicted octanol–water partition coefficient (Wildman–Crippen LogP) is 2.75. The van der Waals surface area contributed by atoms with E-state index in [0.717, 1.165) is 6.42 Å². The normalized spacial score (nSPS) is 9.92. The summed E-state index contributed by atoms with van der Waals surface area (Å²) in [6.45, 7) is 8.09. The van der Waals surface area contributed by atoms with Crippen molar-refractivity contribution in [2.24, 2.45) is 0 Å². The van der Waals surface area contributed by atoms with Crippen LogP contribution in [0.5, 0.6) is 5.75 Å². The Morgan fingerprint density at radius 1 is 1.16 bits per heavy atom. The Bertz CT molecular complexity index is 812. The van der Waals surface area contributed by atoms with Gasteiger partial charge in [-0.05, 0) is 24.6 Å². The van der Waals surface area contributed by atoms with E-state index in [1.165, 1.54) is 22.9 Å². The SMILES string of the molecule is C=CCCOc1ccccc1NNC(=O)c1ccc(=O)n(CC=C)c1. The van der Waals surface area contributed by atoms with Crippen molar-refractivity contribution in [3.8, 4) is 5.75 Å². The van der Waals surface area contributed by atoms with Crippen molar-refractivity contribution < 1.29 is 9.53 Å². The Balaban J connectivity index is 2.05. The van der Waals surface area contributed by atoms with Gasteiger partial charge >= 0.3 is 0 Å². The van der Waals surface area contributed by atoms with Gasteiger partial charge < -0.3 is 9.30 Å². The van der Waals surface area contributed by atoms with Gasteiger partial charge in [0.1, 0.15) is 5.75 Å². The fourth-order valence-electron chi connectivity index (χ4n) is 2.09. The summed E-state index contributed by atoms with van der Waals surface area (Å²) in [6.07, 6.45) is 5.59. The van der Waals surface area contributed by atoms with E-state index < -0.39 is 0 Å². The minimum atomic E-state index is -0.362. The zero-order chi connectivity index (χ0) is 18.1. The topological polar surface area (TPSA) is 72.4 Å². The Morgan fingerprint density at radius 2 is 1.96 bits per heavy atom. The van der Waals surface area contributed by atoms with Crippen LogP contribution in [0.4, 0.5) is 5.69 Å². The molecule has 0 saturated carbocycles. The number of pyridine rings is 1. The van der Waals surface area contributed by atoms with Crippen LogP contribution in [-0.2, 0) is 6.54 Å². The second-order valence-corrected chi connectivity index (χ2v) is 5.20. The predicted molar refractivity (Wildman–Crippen MR) is 98.7 cm³/mol. The number of allylic oxidation sites excluding steroid dienone is 1. The zero-order valence-electron chi connectivity index (χ0n) is 13.9. The monoisotopic (exact) mass is 339 g/mol. The maximum Gasteiger partial charge on any atom is 0.271 e. The van der Waals surface area contributed by atoms with E-state index >= 15 is 0 Å². The lowest BCUT2D eigenvalue weighted by atomic mass is 10.2. The molecule has 0 aliphatic rings. The highest BCUT2D eigenvalue weighted by molar-refractivity contribution is 5.94. The third kappa shape index (κ3) is 5.10. The summed E-state index contributed by atoms with van der Waals surface area (Å²) in [5.41, 5.74) is 6.26. The first-order chi connectivity index (χ1) is 12.2. The number of rotatable bonds is 9. The molecule has 0 spiro atoms. The smallest absolute Gasteiger partial charge is 0.271 e. The number of hydrogen-bond acceptors (Lipinski definition) is 4.